The van der Waals surface area contributed by atoms with Crippen LogP contribution in [-0.4, -0.2) is 22.6 Å². The van der Waals surface area contributed by atoms with Crippen molar-refractivity contribution >= 4 is 33.1 Å². The van der Waals surface area contributed by atoms with Gasteiger partial charge in [0, 0.05) is 0 Å². The van der Waals surface area contributed by atoms with Gasteiger partial charge in [-0.1, -0.05) is 24.3 Å². The number of aromatic hydroxyl groups is 1. The molecule has 1 aromatic heterocycles. The molecule has 0 aliphatic heterocycles. The lowest BCUT2D eigenvalue weighted by atomic mass is 10.3. The third-order valence-corrected chi connectivity index (χ3v) is 3.98. The fourth-order valence-electron chi connectivity index (χ4n) is 1.98. The van der Waals surface area contributed by atoms with Crippen LogP contribution in [0.4, 0.5) is 5.69 Å². The fourth-order valence-corrected chi connectivity index (χ4v) is 2.88. The Morgan fingerprint density at radius 1 is 1.18 bits per heavy atom. The number of hydrogen-bond acceptors (Lipinski definition) is 5. The van der Waals surface area contributed by atoms with E-state index in [2.05, 4.69) is 10.3 Å². The number of phenols is 1. The summed E-state index contributed by atoms with van der Waals surface area (Å²) in [5.74, 6) is -0.287. The molecule has 0 spiro atoms. The Labute approximate surface area is 131 Å². The molecular formula is C16H14N2O3S. The molecule has 0 aliphatic carbocycles. The summed E-state index contributed by atoms with van der Waals surface area (Å²) >= 11 is 1.55. The first-order valence-electron chi connectivity index (χ1n) is 6.72. The summed E-state index contributed by atoms with van der Waals surface area (Å²) in [6.45, 7) is 0.192. The third-order valence-electron chi connectivity index (χ3n) is 2.98. The highest BCUT2D eigenvalue weighted by Crippen LogP contribution is 2.22. The van der Waals surface area contributed by atoms with E-state index >= 15 is 0 Å². The van der Waals surface area contributed by atoms with E-state index in [1.54, 1.807) is 29.5 Å². The molecule has 0 unspecified atom stereocenters. The number of carbonyl (C=O) groups is 1. The van der Waals surface area contributed by atoms with Crippen molar-refractivity contribution in [1.29, 1.82) is 0 Å². The monoisotopic (exact) mass is 314 g/mol. The number of fused-ring (bicyclic) bond motifs is 1. The van der Waals surface area contributed by atoms with E-state index in [1.165, 1.54) is 6.07 Å². The van der Waals surface area contributed by atoms with Crippen molar-refractivity contribution in [3.8, 4) is 5.75 Å². The number of anilines is 1. The predicted octanol–water partition coefficient (Wildman–Crippen LogP) is 3.16. The first kappa shape index (κ1) is 14.5. The quantitative estimate of drug-likeness (QED) is 0.710. The number of amides is 1. The molecule has 22 heavy (non-hydrogen) atoms. The maximum Gasteiger partial charge on any atom is 0.250 e. The Hall–Kier alpha value is -2.44. The minimum Gasteiger partial charge on any atom is -0.506 e. The number of thiazole rings is 1. The summed E-state index contributed by atoms with van der Waals surface area (Å²) in [6.07, 6.45) is 0. The van der Waals surface area contributed by atoms with Gasteiger partial charge in [-0.05, 0) is 24.3 Å². The third kappa shape index (κ3) is 3.41. The molecule has 0 aliphatic rings. The van der Waals surface area contributed by atoms with E-state index in [-0.39, 0.29) is 24.9 Å². The zero-order valence-electron chi connectivity index (χ0n) is 11.7. The summed E-state index contributed by atoms with van der Waals surface area (Å²) in [7, 11) is 0. The van der Waals surface area contributed by atoms with Gasteiger partial charge in [0.25, 0.3) is 0 Å². The topological polar surface area (TPSA) is 71.5 Å². The lowest BCUT2D eigenvalue weighted by Crippen LogP contribution is -2.18. The number of carbonyl (C=O) groups excluding carboxylic acids is 1. The average molecular weight is 314 g/mol. The number of ether oxygens (including phenoxy) is 1. The van der Waals surface area contributed by atoms with Crippen LogP contribution < -0.4 is 5.32 Å². The molecule has 5 nitrogen and oxygen atoms in total. The van der Waals surface area contributed by atoms with E-state index in [0.29, 0.717) is 5.69 Å². The van der Waals surface area contributed by atoms with Gasteiger partial charge >= 0.3 is 0 Å². The molecule has 0 saturated carbocycles. The van der Waals surface area contributed by atoms with Crippen LogP contribution in [-0.2, 0) is 16.1 Å². The zero-order chi connectivity index (χ0) is 15.4. The Kier molecular flexibility index (Phi) is 4.32. The Morgan fingerprint density at radius 2 is 1.95 bits per heavy atom. The molecule has 3 rings (SSSR count). The minimum atomic E-state index is -0.317. The molecule has 2 N–H and O–H groups in total. The summed E-state index contributed by atoms with van der Waals surface area (Å²) in [6, 6.07) is 14.4. The smallest absolute Gasteiger partial charge is 0.250 e. The molecule has 0 fully saturated rings. The van der Waals surface area contributed by atoms with Crippen LogP contribution in [0.2, 0.25) is 0 Å². The van der Waals surface area contributed by atoms with Crippen molar-refractivity contribution in [2.24, 2.45) is 0 Å². The lowest BCUT2D eigenvalue weighted by Gasteiger charge is -2.06. The van der Waals surface area contributed by atoms with E-state index in [4.69, 9.17) is 4.74 Å². The number of benzene rings is 2. The minimum absolute atomic E-state index is 0.0297. The number of nitrogens with one attached hydrogen (secondary N) is 1. The number of rotatable bonds is 5. The van der Waals surface area contributed by atoms with Gasteiger partial charge in [0.2, 0.25) is 5.91 Å². The molecule has 3 aromatic rings. The van der Waals surface area contributed by atoms with Crippen LogP contribution >= 0.6 is 11.3 Å². The van der Waals surface area contributed by atoms with Gasteiger partial charge in [-0.3, -0.25) is 4.79 Å². The standard InChI is InChI=1S/C16H14N2O3S/c19-13-7-3-1-5-11(13)17-15(20)9-21-10-16-18-12-6-2-4-8-14(12)22-16/h1-8,19H,9-10H2,(H,17,20). The molecule has 112 valence electrons. The summed E-state index contributed by atoms with van der Waals surface area (Å²) < 4.78 is 6.47. The lowest BCUT2D eigenvalue weighted by molar-refractivity contribution is -0.121. The van der Waals surface area contributed by atoms with Crippen LogP contribution in [0.3, 0.4) is 0 Å². The van der Waals surface area contributed by atoms with Gasteiger partial charge in [-0.2, -0.15) is 0 Å². The molecule has 0 atom stereocenters. The largest absolute Gasteiger partial charge is 0.506 e. The van der Waals surface area contributed by atoms with Crippen molar-refractivity contribution < 1.29 is 14.6 Å². The van der Waals surface area contributed by atoms with Crippen molar-refractivity contribution in [1.82, 2.24) is 4.98 Å². The highest BCUT2D eigenvalue weighted by atomic mass is 32.1. The van der Waals surface area contributed by atoms with Crippen LogP contribution in [0.25, 0.3) is 10.2 Å². The van der Waals surface area contributed by atoms with Crippen LogP contribution in [0.15, 0.2) is 48.5 Å². The van der Waals surface area contributed by atoms with Gasteiger partial charge in [-0.15, -0.1) is 11.3 Å². The molecule has 0 radical (unpaired) electrons. The van der Waals surface area contributed by atoms with Crippen LogP contribution in [0.5, 0.6) is 5.75 Å². The van der Waals surface area contributed by atoms with Crippen LogP contribution in [0, 0.1) is 0 Å². The maximum absolute atomic E-state index is 11.8. The normalized spacial score (nSPS) is 10.7. The predicted molar refractivity (Wildman–Crippen MR) is 86.0 cm³/mol. The molecule has 6 heteroatoms. The van der Waals surface area contributed by atoms with E-state index in [0.717, 1.165) is 15.2 Å². The van der Waals surface area contributed by atoms with Crippen molar-refractivity contribution in [2.45, 2.75) is 6.61 Å². The van der Waals surface area contributed by atoms with Gasteiger partial charge in [-0.25, -0.2) is 4.98 Å². The van der Waals surface area contributed by atoms with E-state index in [9.17, 15) is 9.90 Å². The molecule has 2 aromatic carbocycles. The van der Waals surface area contributed by atoms with Gasteiger partial charge in [0.1, 0.15) is 17.4 Å². The second-order valence-electron chi connectivity index (χ2n) is 4.63. The Bertz CT molecular complexity index is 768. The second-order valence-corrected chi connectivity index (χ2v) is 5.75. The molecule has 1 amide bonds. The van der Waals surface area contributed by atoms with Crippen molar-refractivity contribution in [2.75, 3.05) is 11.9 Å². The Balaban J connectivity index is 1.52. The van der Waals surface area contributed by atoms with Crippen molar-refractivity contribution in [3.05, 3.63) is 53.5 Å². The molecule has 0 bridgehead atoms. The van der Waals surface area contributed by atoms with E-state index in [1.807, 2.05) is 24.3 Å². The van der Waals surface area contributed by atoms with Crippen LogP contribution in [0.1, 0.15) is 5.01 Å². The van der Waals surface area contributed by atoms with Gasteiger partial charge in [0.05, 0.1) is 22.5 Å². The number of aromatic nitrogens is 1. The highest BCUT2D eigenvalue weighted by Gasteiger charge is 2.07. The number of phenolic OH excluding ortho intramolecular Hbond substituents is 1. The average Bonchev–Trinajstić information content (AvgIpc) is 2.92. The first-order valence-corrected chi connectivity index (χ1v) is 7.54. The number of para-hydroxylation sites is 3. The van der Waals surface area contributed by atoms with Crippen molar-refractivity contribution in [3.63, 3.8) is 0 Å². The number of nitrogens with zero attached hydrogens (tertiary/aromatic N) is 1. The summed E-state index contributed by atoms with van der Waals surface area (Å²) in [5, 5.41) is 13.0. The van der Waals surface area contributed by atoms with Gasteiger partial charge in [0.15, 0.2) is 0 Å². The second kappa shape index (κ2) is 6.55. The molecule has 1 heterocycles. The first-order chi connectivity index (χ1) is 10.7. The van der Waals surface area contributed by atoms with E-state index < -0.39 is 0 Å². The van der Waals surface area contributed by atoms with Gasteiger partial charge < -0.3 is 15.2 Å². The molecular weight excluding hydrogens is 300 g/mol. The highest BCUT2D eigenvalue weighted by molar-refractivity contribution is 7.18. The Morgan fingerprint density at radius 3 is 2.77 bits per heavy atom. The summed E-state index contributed by atoms with van der Waals surface area (Å²) in [4.78, 5) is 16.2. The summed E-state index contributed by atoms with van der Waals surface area (Å²) in [5.41, 5.74) is 1.31. The zero-order valence-corrected chi connectivity index (χ0v) is 12.5. The fraction of sp³-hybridized carbons (Fsp3) is 0.125. The maximum atomic E-state index is 11.8. The molecule has 0 saturated heterocycles. The number of hydrogen-bond donors (Lipinski definition) is 2. The SMILES string of the molecule is O=C(COCc1nc2ccccc2s1)Nc1ccccc1O.